The van der Waals surface area contributed by atoms with Crippen LogP contribution in [-0.2, 0) is 15.2 Å². The Balaban J connectivity index is 2.34. The lowest BCUT2D eigenvalue weighted by Gasteiger charge is -2.36. The van der Waals surface area contributed by atoms with Crippen molar-refractivity contribution in [2.75, 3.05) is 0 Å². The van der Waals surface area contributed by atoms with Gasteiger partial charge >= 0.3 is 0 Å². The largest absolute Gasteiger partial charge is 0.543 e. The zero-order valence-corrected chi connectivity index (χ0v) is 19.0. The van der Waals surface area contributed by atoms with Gasteiger partial charge in [-0.3, -0.25) is 0 Å². The van der Waals surface area contributed by atoms with Crippen molar-refractivity contribution in [1.29, 1.82) is 0 Å². The SMILES string of the molecule is Cc1ccc([S@](=O)/C=C(/C=C/c2ccccc2)O[Si](C)(C)C(C)(C)C)cc1. The summed E-state index contributed by atoms with van der Waals surface area (Å²) in [6, 6.07) is 17.9. The lowest BCUT2D eigenvalue weighted by atomic mass is 10.2. The number of aryl methyl sites for hydroxylation is 1. The van der Waals surface area contributed by atoms with Gasteiger partial charge in [0.15, 0.2) is 0 Å². The molecular formula is C23H30O2SSi. The fourth-order valence-electron chi connectivity index (χ4n) is 2.13. The van der Waals surface area contributed by atoms with Crippen LogP contribution < -0.4 is 0 Å². The Labute approximate surface area is 167 Å². The van der Waals surface area contributed by atoms with E-state index in [-0.39, 0.29) is 5.04 Å². The molecule has 0 aliphatic heterocycles. The minimum atomic E-state index is -2.04. The van der Waals surface area contributed by atoms with Crippen LogP contribution in [0.4, 0.5) is 0 Å². The molecule has 0 aliphatic carbocycles. The van der Waals surface area contributed by atoms with Crippen molar-refractivity contribution in [3.8, 4) is 0 Å². The monoisotopic (exact) mass is 398 g/mol. The predicted molar refractivity (Wildman–Crippen MR) is 119 cm³/mol. The fraction of sp³-hybridized carbons (Fsp3) is 0.304. The van der Waals surface area contributed by atoms with Gasteiger partial charge in [0.2, 0.25) is 0 Å². The van der Waals surface area contributed by atoms with Crippen LogP contribution in [0.25, 0.3) is 6.08 Å². The maximum absolute atomic E-state index is 12.8. The van der Waals surface area contributed by atoms with Gasteiger partial charge < -0.3 is 4.43 Å². The highest BCUT2D eigenvalue weighted by Crippen LogP contribution is 2.38. The molecule has 2 rings (SSSR count). The van der Waals surface area contributed by atoms with Crippen LogP contribution in [0.1, 0.15) is 31.9 Å². The summed E-state index contributed by atoms with van der Waals surface area (Å²) in [4.78, 5) is 0.782. The normalized spacial score (nSPS) is 14.4. The molecule has 0 radical (unpaired) electrons. The molecule has 0 heterocycles. The topological polar surface area (TPSA) is 26.3 Å². The van der Waals surface area contributed by atoms with Crippen LogP contribution in [0.5, 0.6) is 0 Å². The molecule has 0 unspecified atom stereocenters. The van der Waals surface area contributed by atoms with Crippen LogP contribution in [0.2, 0.25) is 18.1 Å². The summed E-state index contributed by atoms with van der Waals surface area (Å²) >= 11 is 0. The van der Waals surface area contributed by atoms with Crippen LogP contribution in [-0.4, -0.2) is 12.5 Å². The molecule has 0 spiro atoms. The van der Waals surface area contributed by atoms with Crippen molar-refractivity contribution < 1.29 is 8.63 Å². The highest BCUT2D eigenvalue weighted by molar-refractivity contribution is 7.88. The number of hydrogen-bond acceptors (Lipinski definition) is 2. The van der Waals surface area contributed by atoms with Gasteiger partial charge in [0.25, 0.3) is 8.32 Å². The summed E-state index contributed by atoms with van der Waals surface area (Å²) in [5.74, 6) is 0.671. The summed E-state index contributed by atoms with van der Waals surface area (Å²) in [6.07, 6.45) is 3.94. The zero-order valence-electron chi connectivity index (χ0n) is 17.2. The quantitative estimate of drug-likeness (QED) is 0.308. The van der Waals surface area contributed by atoms with Crippen molar-refractivity contribution in [1.82, 2.24) is 0 Å². The molecule has 2 aromatic rings. The molecule has 2 aromatic carbocycles. The summed E-state index contributed by atoms with van der Waals surface area (Å²) < 4.78 is 19.3. The summed E-state index contributed by atoms with van der Waals surface area (Å²) in [6.45, 7) is 13.0. The van der Waals surface area contributed by atoms with E-state index in [0.29, 0.717) is 5.76 Å². The molecule has 1 atom stereocenters. The Morgan fingerprint density at radius 3 is 2.15 bits per heavy atom. The lowest BCUT2D eigenvalue weighted by Crippen LogP contribution is -2.40. The van der Waals surface area contributed by atoms with E-state index < -0.39 is 19.1 Å². The second-order valence-corrected chi connectivity index (χ2v) is 14.3. The van der Waals surface area contributed by atoms with E-state index in [1.807, 2.05) is 73.7 Å². The standard InChI is InChI=1S/C23H30O2SSi/c1-19-12-16-22(17-13-19)26(24)18-21(25-27(5,6)23(2,3)4)15-14-20-10-8-7-9-11-20/h7-18H,1-6H3/b15-14+,21-18-/t26-/m1/s1. The van der Waals surface area contributed by atoms with Crippen molar-refractivity contribution in [2.45, 2.75) is 50.7 Å². The van der Waals surface area contributed by atoms with Crippen molar-refractivity contribution >= 4 is 25.2 Å². The van der Waals surface area contributed by atoms with Crippen molar-refractivity contribution in [3.63, 3.8) is 0 Å². The first-order chi connectivity index (χ1) is 12.6. The first-order valence-corrected chi connectivity index (χ1v) is 13.3. The van der Waals surface area contributed by atoms with Crippen LogP contribution in [0, 0.1) is 6.92 Å². The number of rotatable bonds is 6. The zero-order chi connectivity index (χ0) is 20.1. The second-order valence-electron chi connectivity index (χ2n) is 8.24. The average molecular weight is 399 g/mol. The van der Waals surface area contributed by atoms with Crippen LogP contribution in [0.3, 0.4) is 0 Å². The third kappa shape index (κ3) is 6.33. The summed E-state index contributed by atoms with van der Waals surface area (Å²) in [5, 5.41) is 1.79. The van der Waals surface area contributed by atoms with Gasteiger partial charge in [-0.25, -0.2) is 4.21 Å². The molecule has 0 aliphatic rings. The van der Waals surface area contributed by atoms with E-state index in [1.165, 1.54) is 0 Å². The van der Waals surface area contributed by atoms with E-state index in [4.69, 9.17) is 4.43 Å². The first kappa shape index (κ1) is 21.4. The predicted octanol–water partition coefficient (Wildman–Crippen LogP) is 6.68. The highest BCUT2D eigenvalue weighted by atomic mass is 32.2. The minimum absolute atomic E-state index is 0.0675. The summed E-state index contributed by atoms with van der Waals surface area (Å²) in [7, 11) is -3.29. The molecular weight excluding hydrogens is 368 g/mol. The van der Waals surface area contributed by atoms with Gasteiger partial charge in [-0.1, -0.05) is 74.9 Å². The molecule has 0 bridgehead atoms. The Hall–Kier alpha value is -1.91. The lowest BCUT2D eigenvalue weighted by molar-refractivity contribution is 0.401. The Morgan fingerprint density at radius 1 is 1.00 bits per heavy atom. The van der Waals surface area contributed by atoms with Crippen LogP contribution in [0.15, 0.2) is 76.7 Å². The molecule has 0 N–H and O–H groups in total. The highest BCUT2D eigenvalue weighted by Gasteiger charge is 2.39. The van der Waals surface area contributed by atoms with Crippen LogP contribution >= 0.6 is 0 Å². The third-order valence-electron chi connectivity index (χ3n) is 4.90. The van der Waals surface area contributed by atoms with E-state index in [0.717, 1.165) is 16.0 Å². The van der Waals surface area contributed by atoms with Crippen molar-refractivity contribution in [3.05, 3.63) is 83.0 Å². The Kier molecular flexibility index (Phi) is 7.01. The van der Waals surface area contributed by atoms with Gasteiger partial charge in [-0.15, -0.1) is 0 Å². The second kappa shape index (κ2) is 8.85. The Bertz CT molecular complexity index is 829. The molecule has 0 saturated carbocycles. The minimum Gasteiger partial charge on any atom is -0.543 e. The van der Waals surface area contributed by atoms with E-state index in [2.05, 4.69) is 33.9 Å². The average Bonchev–Trinajstić information content (AvgIpc) is 2.60. The number of allylic oxidation sites excluding steroid dienone is 1. The molecule has 0 fully saturated rings. The van der Waals surface area contributed by atoms with E-state index in [1.54, 1.807) is 5.41 Å². The smallest absolute Gasteiger partial charge is 0.250 e. The third-order valence-corrected chi connectivity index (χ3v) is 10.4. The summed E-state index contributed by atoms with van der Waals surface area (Å²) in [5.41, 5.74) is 2.24. The first-order valence-electron chi connectivity index (χ1n) is 9.20. The number of hydrogen-bond donors (Lipinski definition) is 0. The van der Waals surface area contributed by atoms with E-state index >= 15 is 0 Å². The fourth-order valence-corrected chi connectivity index (χ4v) is 4.12. The Morgan fingerprint density at radius 2 is 1.59 bits per heavy atom. The number of benzene rings is 2. The molecule has 2 nitrogen and oxygen atoms in total. The van der Waals surface area contributed by atoms with Gasteiger partial charge in [-0.05, 0) is 48.8 Å². The van der Waals surface area contributed by atoms with Gasteiger partial charge in [0, 0.05) is 10.3 Å². The van der Waals surface area contributed by atoms with Crippen molar-refractivity contribution in [2.24, 2.45) is 0 Å². The molecule has 144 valence electrons. The maximum Gasteiger partial charge on any atom is 0.250 e. The molecule has 0 aromatic heterocycles. The molecule has 0 amide bonds. The van der Waals surface area contributed by atoms with Gasteiger partial charge in [0.1, 0.15) is 5.76 Å². The molecule has 4 heteroatoms. The molecule has 0 saturated heterocycles. The van der Waals surface area contributed by atoms with E-state index in [9.17, 15) is 4.21 Å². The van der Waals surface area contributed by atoms with Gasteiger partial charge in [-0.2, -0.15) is 0 Å². The molecule has 27 heavy (non-hydrogen) atoms. The maximum atomic E-state index is 12.8. The van der Waals surface area contributed by atoms with Gasteiger partial charge in [0.05, 0.1) is 10.8 Å².